The van der Waals surface area contributed by atoms with Crippen LogP contribution in [-0.4, -0.2) is 32.9 Å². The smallest absolute Gasteiger partial charge is 0.298 e. The van der Waals surface area contributed by atoms with Gasteiger partial charge in [-0.25, -0.2) is 0 Å². The minimum atomic E-state index is -2.05. The Morgan fingerprint density at radius 3 is 1.42 bits per heavy atom. The zero-order chi connectivity index (χ0) is 14.5. The van der Waals surface area contributed by atoms with Gasteiger partial charge in [-0.3, -0.25) is 19.9 Å². The average Bonchev–Trinajstić information content (AvgIpc) is 2.65. The summed E-state index contributed by atoms with van der Waals surface area (Å²) >= 11 is 0. The van der Waals surface area contributed by atoms with Gasteiger partial charge in [0.15, 0.2) is 0 Å². The maximum absolute atomic E-state index is 3.93. The molecule has 0 radical (unpaired) electrons. The monoisotopic (exact) mass is 286 g/mol. The van der Waals surface area contributed by atoms with Crippen LogP contribution in [0.4, 0.5) is 0 Å². The predicted octanol–water partition coefficient (Wildman–Crippen LogP) is 1.95. The van der Waals surface area contributed by atoms with Gasteiger partial charge >= 0.3 is 8.72 Å². The third-order valence-corrected chi connectivity index (χ3v) is 7.16. The van der Waals surface area contributed by atoms with E-state index in [0.717, 1.165) is 0 Å². The van der Waals surface area contributed by atoms with Crippen LogP contribution in [0.3, 0.4) is 0 Å². The highest BCUT2D eigenvalue weighted by Crippen LogP contribution is 2.18. The molecule has 0 saturated heterocycles. The van der Waals surface area contributed by atoms with Gasteiger partial charge < -0.3 is 0 Å². The van der Waals surface area contributed by atoms with Crippen molar-refractivity contribution in [2.24, 2.45) is 0 Å². The fraction of sp³-hybridized carbons (Fsp3) is 1.00. The van der Waals surface area contributed by atoms with E-state index in [1.54, 1.807) is 0 Å². The Kier molecular flexibility index (Phi) is 6.97. The van der Waals surface area contributed by atoms with Crippen molar-refractivity contribution >= 4 is 8.72 Å². The first-order chi connectivity index (χ1) is 8.83. The molecular formula is C14H34N4Si. The van der Waals surface area contributed by atoms with Gasteiger partial charge in [-0.05, 0) is 31.0 Å². The van der Waals surface area contributed by atoms with Crippen LogP contribution in [0.1, 0.15) is 67.2 Å². The second-order valence-corrected chi connectivity index (χ2v) is 9.43. The van der Waals surface area contributed by atoms with Crippen molar-refractivity contribution in [1.82, 2.24) is 19.9 Å². The molecule has 0 unspecified atom stereocenters. The summed E-state index contributed by atoms with van der Waals surface area (Å²) in [7, 11) is -2.05. The molecule has 0 aromatic rings. The molecule has 4 nitrogen and oxygen atoms in total. The zero-order valence-corrected chi connectivity index (χ0v) is 14.6. The van der Waals surface area contributed by atoms with E-state index in [9.17, 15) is 0 Å². The van der Waals surface area contributed by atoms with Gasteiger partial charge in [0.1, 0.15) is 0 Å². The van der Waals surface area contributed by atoms with Crippen molar-refractivity contribution in [3.8, 4) is 0 Å². The lowest BCUT2D eigenvalue weighted by atomic mass is 10.3. The molecule has 4 N–H and O–H groups in total. The SMILES string of the molecule is CC(C)N[Si](NC(C)C)(NC(C)C)NC1CCCC1. The van der Waals surface area contributed by atoms with Gasteiger partial charge in [-0.15, -0.1) is 0 Å². The summed E-state index contributed by atoms with van der Waals surface area (Å²) in [5.41, 5.74) is 0. The summed E-state index contributed by atoms with van der Waals surface area (Å²) < 4.78 is 0. The molecule has 0 aromatic carbocycles. The van der Waals surface area contributed by atoms with Crippen LogP contribution in [0.25, 0.3) is 0 Å². The highest BCUT2D eigenvalue weighted by atomic mass is 28.4. The highest BCUT2D eigenvalue weighted by molar-refractivity contribution is 6.70. The number of rotatable bonds is 8. The Hall–Kier alpha value is 0.0569. The molecular weight excluding hydrogens is 252 g/mol. The van der Waals surface area contributed by atoms with Crippen LogP contribution in [0.5, 0.6) is 0 Å². The van der Waals surface area contributed by atoms with Crippen molar-refractivity contribution in [2.75, 3.05) is 0 Å². The molecule has 0 atom stereocenters. The Bertz CT molecular complexity index is 223. The van der Waals surface area contributed by atoms with Crippen molar-refractivity contribution in [1.29, 1.82) is 0 Å². The van der Waals surface area contributed by atoms with Crippen molar-refractivity contribution < 1.29 is 0 Å². The van der Waals surface area contributed by atoms with E-state index >= 15 is 0 Å². The van der Waals surface area contributed by atoms with Crippen molar-refractivity contribution in [2.45, 2.75) is 91.4 Å². The van der Waals surface area contributed by atoms with Gasteiger partial charge in [0.05, 0.1) is 0 Å². The standard InChI is InChI=1S/C14H34N4Si/c1-11(2)15-19(16-12(3)4,17-13(5)6)18-14-9-7-8-10-14/h11-18H,7-10H2,1-6H3. The Morgan fingerprint density at radius 2 is 1.11 bits per heavy atom. The molecule has 0 spiro atoms. The first-order valence-electron chi connectivity index (χ1n) is 7.94. The van der Waals surface area contributed by atoms with Crippen LogP contribution >= 0.6 is 0 Å². The van der Waals surface area contributed by atoms with Gasteiger partial charge in [0.2, 0.25) is 0 Å². The van der Waals surface area contributed by atoms with E-state index in [1.165, 1.54) is 25.7 Å². The summed E-state index contributed by atoms with van der Waals surface area (Å²) in [5, 5.41) is 0. The minimum absolute atomic E-state index is 0.470. The highest BCUT2D eigenvalue weighted by Gasteiger charge is 2.39. The fourth-order valence-corrected chi connectivity index (χ4v) is 6.92. The van der Waals surface area contributed by atoms with E-state index in [1.807, 2.05) is 0 Å². The van der Waals surface area contributed by atoms with Crippen LogP contribution in [0, 0.1) is 0 Å². The maximum atomic E-state index is 3.93. The van der Waals surface area contributed by atoms with E-state index in [2.05, 4.69) is 61.5 Å². The first-order valence-corrected chi connectivity index (χ1v) is 9.94. The summed E-state index contributed by atoms with van der Waals surface area (Å²) in [5.74, 6) is 0. The summed E-state index contributed by atoms with van der Waals surface area (Å²) in [6, 6.07) is 2.07. The lowest BCUT2D eigenvalue weighted by molar-refractivity contribution is 0.525. The van der Waals surface area contributed by atoms with Gasteiger partial charge in [-0.1, -0.05) is 54.4 Å². The molecule has 5 heteroatoms. The van der Waals surface area contributed by atoms with Gasteiger partial charge in [-0.2, -0.15) is 0 Å². The molecule has 0 heterocycles. The molecule has 1 aliphatic rings. The van der Waals surface area contributed by atoms with Crippen molar-refractivity contribution in [3.63, 3.8) is 0 Å². The maximum Gasteiger partial charge on any atom is 0.366 e. The second kappa shape index (κ2) is 7.74. The Morgan fingerprint density at radius 1 is 0.737 bits per heavy atom. The van der Waals surface area contributed by atoms with Crippen LogP contribution < -0.4 is 19.9 Å². The topological polar surface area (TPSA) is 48.1 Å². The number of hydrogen-bond acceptors (Lipinski definition) is 4. The number of nitrogens with one attached hydrogen (secondary N) is 4. The van der Waals surface area contributed by atoms with Gasteiger partial charge in [0, 0.05) is 6.04 Å². The van der Waals surface area contributed by atoms with Crippen LogP contribution in [0.15, 0.2) is 0 Å². The fourth-order valence-electron chi connectivity index (χ4n) is 2.93. The molecule has 0 aromatic heterocycles. The zero-order valence-electron chi connectivity index (χ0n) is 13.6. The quantitative estimate of drug-likeness (QED) is 0.515. The summed E-state index contributed by atoms with van der Waals surface area (Å²) in [6.45, 7) is 13.3. The predicted molar refractivity (Wildman–Crippen MR) is 86.0 cm³/mol. The van der Waals surface area contributed by atoms with E-state index in [0.29, 0.717) is 24.2 Å². The third-order valence-electron chi connectivity index (χ3n) is 3.29. The van der Waals surface area contributed by atoms with E-state index in [4.69, 9.17) is 0 Å². The van der Waals surface area contributed by atoms with Crippen molar-refractivity contribution in [3.05, 3.63) is 0 Å². The molecule has 1 rings (SSSR count). The first kappa shape index (κ1) is 17.1. The second-order valence-electron chi connectivity index (χ2n) is 6.77. The third kappa shape index (κ3) is 6.36. The Labute approximate surface area is 120 Å². The molecule has 0 amide bonds. The summed E-state index contributed by atoms with van der Waals surface area (Å²) in [6.07, 6.45) is 5.36. The largest absolute Gasteiger partial charge is 0.366 e. The molecule has 19 heavy (non-hydrogen) atoms. The molecule has 0 bridgehead atoms. The van der Waals surface area contributed by atoms with Crippen LogP contribution in [-0.2, 0) is 0 Å². The van der Waals surface area contributed by atoms with E-state index < -0.39 is 8.72 Å². The van der Waals surface area contributed by atoms with E-state index in [-0.39, 0.29) is 0 Å². The Balaban J connectivity index is 2.80. The lowest BCUT2D eigenvalue weighted by Crippen LogP contribution is -2.84. The number of hydrogen-bond donors (Lipinski definition) is 4. The molecule has 0 aliphatic heterocycles. The average molecular weight is 287 g/mol. The minimum Gasteiger partial charge on any atom is -0.298 e. The molecule has 1 aliphatic carbocycles. The normalized spacial score (nSPS) is 18.2. The van der Waals surface area contributed by atoms with Gasteiger partial charge in [0.25, 0.3) is 0 Å². The molecule has 114 valence electrons. The molecule has 1 fully saturated rings. The molecule has 1 saturated carbocycles. The lowest BCUT2D eigenvalue weighted by Gasteiger charge is -2.40. The summed E-state index contributed by atoms with van der Waals surface area (Å²) in [4.78, 5) is 15.3. The van der Waals surface area contributed by atoms with Crippen LogP contribution in [0.2, 0.25) is 0 Å².